The summed E-state index contributed by atoms with van der Waals surface area (Å²) >= 11 is 0. The van der Waals surface area contributed by atoms with Gasteiger partial charge in [0, 0.05) is 12.4 Å². The van der Waals surface area contributed by atoms with Gasteiger partial charge in [0.1, 0.15) is 0 Å². The molecular weight excluding hydrogens is 315 g/mol. The molecular formula is C19H35NaO4. The average molecular weight is 350 g/mol. The first-order chi connectivity index (χ1) is 11.2. The molecule has 136 valence electrons. The molecule has 0 radical (unpaired) electrons. The minimum Gasteiger partial charge on any atom is -0.550 e. The Morgan fingerprint density at radius 1 is 0.708 bits per heavy atom. The summed E-state index contributed by atoms with van der Waals surface area (Å²) in [6.07, 6.45) is 14.9. The number of esters is 1. The fraction of sp³-hybridized carbons (Fsp3) is 0.895. The summed E-state index contributed by atoms with van der Waals surface area (Å²) in [6, 6.07) is 0. The quantitative estimate of drug-likeness (QED) is 0.224. The van der Waals surface area contributed by atoms with Crippen molar-refractivity contribution < 1.29 is 49.0 Å². The Morgan fingerprint density at radius 3 is 1.71 bits per heavy atom. The summed E-state index contributed by atoms with van der Waals surface area (Å²) < 4.78 is 5.22. The normalized spacial score (nSPS) is 10.2. The fourth-order valence-electron chi connectivity index (χ4n) is 2.56. The number of carbonyl (C=O) groups is 2. The third kappa shape index (κ3) is 21.9. The average Bonchev–Trinajstić information content (AvgIpc) is 2.52. The second kappa shape index (κ2) is 21.0. The van der Waals surface area contributed by atoms with E-state index in [0.717, 1.165) is 38.5 Å². The molecule has 0 aromatic heterocycles. The van der Waals surface area contributed by atoms with Crippen molar-refractivity contribution in [2.24, 2.45) is 0 Å². The van der Waals surface area contributed by atoms with Crippen LogP contribution in [0.3, 0.4) is 0 Å². The van der Waals surface area contributed by atoms with Crippen LogP contribution in [0.5, 0.6) is 0 Å². The predicted molar refractivity (Wildman–Crippen MR) is 90.9 cm³/mol. The maximum absolute atomic E-state index is 11.5. The summed E-state index contributed by atoms with van der Waals surface area (Å²) in [5, 5.41) is 10.2. The first-order valence-electron chi connectivity index (χ1n) is 9.52. The van der Waals surface area contributed by atoms with Crippen molar-refractivity contribution in [3.63, 3.8) is 0 Å². The first kappa shape index (κ1) is 26.2. The van der Waals surface area contributed by atoms with Gasteiger partial charge in [0.25, 0.3) is 0 Å². The van der Waals surface area contributed by atoms with Crippen LogP contribution >= 0.6 is 0 Å². The van der Waals surface area contributed by atoms with Crippen molar-refractivity contribution in [1.29, 1.82) is 0 Å². The predicted octanol–water partition coefficient (Wildman–Crippen LogP) is 1.15. The molecule has 0 aromatic rings. The molecule has 0 aliphatic heterocycles. The van der Waals surface area contributed by atoms with E-state index in [0.29, 0.717) is 19.4 Å². The van der Waals surface area contributed by atoms with Gasteiger partial charge in [-0.05, 0) is 25.7 Å². The van der Waals surface area contributed by atoms with E-state index in [-0.39, 0.29) is 41.9 Å². The van der Waals surface area contributed by atoms with Gasteiger partial charge in [-0.15, -0.1) is 0 Å². The molecule has 0 bridgehead atoms. The van der Waals surface area contributed by atoms with Crippen LogP contribution < -0.4 is 34.7 Å². The Kier molecular flexibility index (Phi) is 22.9. The van der Waals surface area contributed by atoms with Crippen LogP contribution in [-0.4, -0.2) is 18.5 Å². The smallest absolute Gasteiger partial charge is 0.550 e. The molecule has 0 unspecified atom stereocenters. The maximum atomic E-state index is 11.5. The molecule has 0 amide bonds. The molecule has 0 spiro atoms. The zero-order valence-corrected chi connectivity index (χ0v) is 17.9. The number of hydrogen-bond donors (Lipinski definition) is 0. The molecule has 5 heteroatoms. The van der Waals surface area contributed by atoms with Crippen LogP contribution in [-0.2, 0) is 14.3 Å². The van der Waals surface area contributed by atoms with Gasteiger partial charge in [0.05, 0.1) is 6.61 Å². The maximum Gasteiger partial charge on any atom is 1.00 e. The van der Waals surface area contributed by atoms with Gasteiger partial charge in [-0.25, -0.2) is 0 Å². The molecule has 0 fully saturated rings. The van der Waals surface area contributed by atoms with E-state index in [4.69, 9.17) is 4.74 Å². The first-order valence-corrected chi connectivity index (χ1v) is 9.52. The van der Waals surface area contributed by atoms with Gasteiger partial charge in [0.2, 0.25) is 0 Å². The molecule has 0 N–H and O–H groups in total. The van der Waals surface area contributed by atoms with Crippen LogP contribution in [0.15, 0.2) is 0 Å². The number of rotatable bonds is 17. The summed E-state index contributed by atoms with van der Waals surface area (Å²) in [5.41, 5.74) is 0. The number of carboxylic acid groups (broad SMARTS) is 1. The Labute approximate surface area is 170 Å². The second-order valence-corrected chi connectivity index (χ2v) is 6.34. The van der Waals surface area contributed by atoms with E-state index in [9.17, 15) is 14.7 Å². The third-order valence-electron chi connectivity index (χ3n) is 4.02. The van der Waals surface area contributed by atoms with Gasteiger partial charge in [0.15, 0.2) is 0 Å². The number of aliphatic carboxylic acids is 1. The molecule has 24 heavy (non-hydrogen) atoms. The van der Waals surface area contributed by atoms with Gasteiger partial charge >= 0.3 is 35.5 Å². The summed E-state index contributed by atoms with van der Waals surface area (Å²) in [4.78, 5) is 21.8. The van der Waals surface area contributed by atoms with Crippen LogP contribution in [0.25, 0.3) is 0 Å². The Balaban J connectivity index is 0. The van der Waals surface area contributed by atoms with Crippen LogP contribution in [0.4, 0.5) is 0 Å². The largest absolute Gasteiger partial charge is 1.00 e. The van der Waals surface area contributed by atoms with Crippen molar-refractivity contribution in [1.82, 2.24) is 0 Å². The molecule has 0 aliphatic rings. The van der Waals surface area contributed by atoms with Crippen molar-refractivity contribution >= 4 is 11.9 Å². The molecule has 0 saturated carbocycles. The minimum atomic E-state index is -0.977. The number of hydrogen-bond acceptors (Lipinski definition) is 4. The zero-order chi connectivity index (χ0) is 17.2. The van der Waals surface area contributed by atoms with E-state index in [1.807, 2.05) is 0 Å². The summed E-state index contributed by atoms with van der Waals surface area (Å²) in [6.45, 7) is 2.78. The third-order valence-corrected chi connectivity index (χ3v) is 4.02. The van der Waals surface area contributed by atoms with Crippen LogP contribution in [0, 0.1) is 0 Å². The number of ether oxygens (including phenoxy) is 1. The minimum absolute atomic E-state index is 0. The van der Waals surface area contributed by atoms with Gasteiger partial charge < -0.3 is 14.6 Å². The summed E-state index contributed by atoms with van der Waals surface area (Å²) in [5.74, 6) is -1.07. The number of carboxylic acids is 1. The SMILES string of the molecule is CCCCCCCCCCOC(=O)CCCCCCCC(=O)[O-].[Na+]. The molecule has 0 rings (SSSR count). The molecule has 0 atom stereocenters. The topological polar surface area (TPSA) is 66.4 Å². The molecule has 4 nitrogen and oxygen atoms in total. The standard InChI is InChI=1S/C19H36O4.Na/c1-2-3-4-5-6-7-11-14-17-23-19(22)16-13-10-8-9-12-15-18(20)21;/h2-17H2,1H3,(H,20,21);/q;+1/p-1. The zero-order valence-electron chi connectivity index (χ0n) is 15.9. The van der Waals surface area contributed by atoms with Gasteiger partial charge in [-0.3, -0.25) is 4.79 Å². The molecule has 0 saturated heterocycles. The monoisotopic (exact) mass is 350 g/mol. The van der Waals surface area contributed by atoms with Gasteiger partial charge in [-0.1, -0.05) is 71.1 Å². The van der Waals surface area contributed by atoms with Crippen molar-refractivity contribution in [3.8, 4) is 0 Å². The van der Waals surface area contributed by atoms with E-state index in [2.05, 4.69) is 6.92 Å². The van der Waals surface area contributed by atoms with Crippen molar-refractivity contribution in [2.45, 2.75) is 103 Å². The van der Waals surface area contributed by atoms with Crippen LogP contribution in [0.1, 0.15) is 103 Å². The molecule has 0 heterocycles. The van der Waals surface area contributed by atoms with E-state index >= 15 is 0 Å². The Bertz CT molecular complexity index is 295. The Morgan fingerprint density at radius 2 is 1.17 bits per heavy atom. The number of carbonyl (C=O) groups excluding carboxylic acids is 2. The second-order valence-electron chi connectivity index (χ2n) is 6.34. The molecule has 0 aliphatic carbocycles. The molecule has 0 aromatic carbocycles. The van der Waals surface area contributed by atoms with Crippen LogP contribution in [0.2, 0.25) is 0 Å². The summed E-state index contributed by atoms with van der Waals surface area (Å²) in [7, 11) is 0. The van der Waals surface area contributed by atoms with E-state index in [1.54, 1.807) is 0 Å². The van der Waals surface area contributed by atoms with E-state index in [1.165, 1.54) is 38.5 Å². The van der Waals surface area contributed by atoms with E-state index < -0.39 is 5.97 Å². The van der Waals surface area contributed by atoms with Gasteiger partial charge in [-0.2, -0.15) is 0 Å². The Hall–Kier alpha value is -0.0600. The van der Waals surface area contributed by atoms with Crippen molar-refractivity contribution in [3.05, 3.63) is 0 Å². The van der Waals surface area contributed by atoms with Crippen molar-refractivity contribution in [2.75, 3.05) is 6.61 Å². The fourth-order valence-corrected chi connectivity index (χ4v) is 2.56. The number of unbranched alkanes of at least 4 members (excludes halogenated alkanes) is 11.